The van der Waals surface area contributed by atoms with Gasteiger partial charge in [-0.05, 0) is 74.0 Å². The molecule has 0 aliphatic heterocycles. The van der Waals surface area contributed by atoms with Crippen LogP contribution in [0.25, 0.3) is 74.7 Å². The quantitative estimate of drug-likeness (QED) is 0.167. The second-order valence-corrected chi connectivity index (χ2v) is 13.9. The van der Waals surface area contributed by atoms with Gasteiger partial charge in [0.25, 0.3) is 0 Å². The fraction of sp³-hybridized carbons (Fsp3) is 0. The first-order valence-corrected chi connectivity index (χ1v) is 17.9. The molecule has 0 fully saturated rings. The van der Waals surface area contributed by atoms with E-state index < -0.39 is 0 Å². The molecule has 0 saturated carbocycles. The van der Waals surface area contributed by atoms with Gasteiger partial charge in [-0.15, -0.1) is 11.3 Å². The van der Waals surface area contributed by atoms with Crippen LogP contribution in [0.2, 0.25) is 0 Å². The molecule has 1 aromatic heterocycles. The lowest BCUT2D eigenvalue weighted by atomic mass is 9.94. The van der Waals surface area contributed by atoms with Crippen LogP contribution in [0.4, 0.5) is 17.1 Å². The second-order valence-electron chi connectivity index (χ2n) is 12.9. The molecule has 9 aromatic carbocycles. The summed E-state index contributed by atoms with van der Waals surface area (Å²) in [5.41, 5.74) is 8.29. The van der Waals surface area contributed by atoms with E-state index in [1.54, 1.807) is 0 Å². The number of thiophene rings is 1. The number of anilines is 3. The van der Waals surface area contributed by atoms with E-state index in [4.69, 9.17) is 0 Å². The molecule has 0 N–H and O–H groups in total. The third-order valence-corrected chi connectivity index (χ3v) is 11.3. The smallest absolute Gasteiger partial charge is 0.0546 e. The Morgan fingerprint density at radius 3 is 1.84 bits per heavy atom. The Balaban J connectivity index is 1.22. The maximum absolute atomic E-state index is 2.46. The minimum Gasteiger partial charge on any atom is -0.309 e. The van der Waals surface area contributed by atoms with Crippen molar-refractivity contribution in [3.63, 3.8) is 0 Å². The van der Waals surface area contributed by atoms with Crippen molar-refractivity contribution in [3.05, 3.63) is 188 Å². The highest BCUT2D eigenvalue weighted by molar-refractivity contribution is 7.26. The predicted octanol–water partition coefficient (Wildman–Crippen LogP) is 14.3. The average molecular weight is 654 g/mol. The zero-order valence-corrected chi connectivity index (χ0v) is 28.1. The van der Waals surface area contributed by atoms with Crippen molar-refractivity contribution in [1.82, 2.24) is 0 Å². The molecule has 0 spiro atoms. The summed E-state index contributed by atoms with van der Waals surface area (Å²) in [6, 6.07) is 68.7. The lowest BCUT2D eigenvalue weighted by Crippen LogP contribution is -2.12. The lowest BCUT2D eigenvalue weighted by Gasteiger charge is -2.30. The number of benzene rings is 9. The molecule has 234 valence electrons. The van der Waals surface area contributed by atoms with E-state index >= 15 is 0 Å². The molecule has 50 heavy (non-hydrogen) atoms. The van der Waals surface area contributed by atoms with Gasteiger partial charge in [-0.25, -0.2) is 0 Å². The van der Waals surface area contributed by atoms with Gasteiger partial charge in [0.15, 0.2) is 0 Å². The molecule has 0 radical (unpaired) electrons. The van der Waals surface area contributed by atoms with Crippen LogP contribution >= 0.6 is 11.3 Å². The van der Waals surface area contributed by atoms with E-state index in [1.807, 2.05) is 11.3 Å². The van der Waals surface area contributed by atoms with Gasteiger partial charge in [-0.3, -0.25) is 0 Å². The minimum atomic E-state index is 1.12. The topological polar surface area (TPSA) is 3.24 Å². The van der Waals surface area contributed by atoms with Crippen LogP contribution in [0, 0.1) is 0 Å². The third-order valence-electron chi connectivity index (χ3n) is 10.0. The molecular weight excluding hydrogens is 623 g/mol. The fourth-order valence-corrected chi connectivity index (χ4v) is 8.99. The van der Waals surface area contributed by atoms with Gasteiger partial charge in [0.2, 0.25) is 0 Å². The highest BCUT2D eigenvalue weighted by Gasteiger charge is 2.21. The molecule has 2 heteroatoms. The van der Waals surface area contributed by atoms with Crippen molar-refractivity contribution < 1.29 is 0 Å². The number of nitrogens with zero attached hydrogens (tertiary/aromatic N) is 1. The number of hydrogen-bond donors (Lipinski definition) is 0. The van der Waals surface area contributed by atoms with Gasteiger partial charge < -0.3 is 4.90 Å². The first-order valence-electron chi connectivity index (χ1n) is 17.1. The molecule has 0 bridgehead atoms. The van der Waals surface area contributed by atoms with Crippen LogP contribution in [0.1, 0.15) is 0 Å². The van der Waals surface area contributed by atoms with Gasteiger partial charge >= 0.3 is 0 Å². The average Bonchev–Trinajstić information content (AvgIpc) is 3.58. The van der Waals surface area contributed by atoms with Crippen LogP contribution in [0.15, 0.2) is 188 Å². The first kappa shape index (κ1) is 28.8. The summed E-state index contributed by atoms with van der Waals surface area (Å²) in [6.45, 7) is 0. The van der Waals surface area contributed by atoms with Gasteiger partial charge in [0.05, 0.1) is 11.4 Å². The van der Waals surface area contributed by atoms with Crippen LogP contribution in [0.5, 0.6) is 0 Å². The number of rotatable bonds is 5. The molecule has 0 aliphatic carbocycles. The molecule has 10 aromatic rings. The van der Waals surface area contributed by atoms with Gasteiger partial charge in [0, 0.05) is 36.8 Å². The molecule has 10 rings (SSSR count). The fourth-order valence-electron chi connectivity index (χ4n) is 7.75. The number of fused-ring (bicyclic) bond motifs is 8. The summed E-state index contributed by atoms with van der Waals surface area (Å²) in [5.74, 6) is 0. The van der Waals surface area contributed by atoms with Gasteiger partial charge in [-0.1, -0.05) is 158 Å². The molecule has 1 nitrogen and oxygen atoms in total. The summed E-state index contributed by atoms with van der Waals surface area (Å²) in [5, 5.41) is 10.2. The van der Waals surface area contributed by atoms with Crippen LogP contribution in [0.3, 0.4) is 0 Å². The number of para-hydroxylation sites is 1. The van der Waals surface area contributed by atoms with Crippen molar-refractivity contribution in [1.29, 1.82) is 0 Å². The van der Waals surface area contributed by atoms with Crippen molar-refractivity contribution in [3.8, 4) is 22.3 Å². The van der Waals surface area contributed by atoms with E-state index in [0.717, 1.165) is 17.1 Å². The summed E-state index contributed by atoms with van der Waals surface area (Å²) in [4.78, 5) is 2.46. The van der Waals surface area contributed by atoms with Gasteiger partial charge in [-0.2, -0.15) is 0 Å². The molecule has 0 aliphatic rings. The van der Waals surface area contributed by atoms with E-state index in [-0.39, 0.29) is 0 Å². The summed E-state index contributed by atoms with van der Waals surface area (Å²) in [7, 11) is 0. The SMILES string of the molecule is c1ccc(-c2ccccc2N(c2ccc(-c3cccc4c3sc3ccccc34)cc2)c2cc3ccc4ccccc4c3c3ccccc23)cc1. The maximum Gasteiger partial charge on any atom is 0.0546 e. The monoisotopic (exact) mass is 653 g/mol. The zero-order valence-electron chi connectivity index (χ0n) is 27.3. The maximum atomic E-state index is 2.46. The van der Waals surface area contributed by atoms with Crippen molar-refractivity contribution in [2.45, 2.75) is 0 Å². The molecule has 0 unspecified atom stereocenters. The molecule has 0 amide bonds. The Labute approximate surface area is 294 Å². The summed E-state index contributed by atoms with van der Waals surface area (Å²) in [6.07, 6.45) is 0. The Hall–Kier alpha value is -6.22. The summed E-state index contributed by atoms with van der Waals surface area (Å²) < 4.78 is 2.66. The predicted molar refractivity (Wildman–Crippen MR) is 217 cm³/mol. The van der Waals surface area contributed by atoms with Crippen LogP contribution < -0.4 is 4.90 Å². The molecule has 0 atom stereocenters. The largest absolute Gasteiger partial charge is 0.309 e. The Morgan fingerprint density at radius 2 is 0.980 bits per heavy atom. The third kappa shape index (κ3) is 4.61. The second kappa shape index (κ2) is 11.7. The normalized spacial score (nSPS) is 11.6. The highest BCUT2D eigenvalue weighted by atomic mass is 32.1. The molecular formula is C48H31NS. The Morgan fingerprint density at radius 1 is 0.360 bits per heavy atom. The van der Waals surface area contributed by atoms with E-state index in [0.29, 0.717) is 0 Å². The zero-order chi connectivity index (χ0) is 33.0. The van der Waals surface area contributed by atoms with Crippen molar-refractivity contribution >= 4 is 80.9 Å². The van der Waals surface area contributed by atoms with Crippen molar-refractivity contribution in [2.24, 2.45) is 0 Å². The Kier molecular flexibility index (Phi) is 6.75. The standard InChI is InChI=1S/C48H31NS/c1-2-13-32(14-3-1)37-16-8-10-23-44(37)49(45-31-35-26-25-33-15-4-5-17-38(33)47(35)42-20-7-6-18-40(42)45)36-29-27-34(28-30-36)39-21-12-22-43-41-19-9-11-24-46(41)50-48(39)43/h1-31H. The van der Waals surface area contributed by atoms with Crippen LogP contribution in [-0.4, -0.2) is 0 Å². The van der Waals surface area contributed by atoms with Crippen LogP contribution in [-0.2, 0) is 0 Å². The summed E-state index contributed by atoms with van der Waals surface area (Å²) >= 11 is 1.88. The highest BCUT2D eigenvalue weighted by Crippen LogP contribution is 2.47. The Bertz CT molecular complexity index is 2870. The number of hydrogen-bond acceptors (Lipinski definition) is 2. The minimum absolute atomic E-state index is 1.12. The van der Waals surface area contributed by atoms with Gasteiger partial charge in [0.1, 0.15) is 0 Å². The van der Waals surface area contributed by atoms with E-state index in [9.17, 15) is 0 Å². The first-order chi connectivity index (χ1) is 24.8. The van der Waals surface area contributed by atoms with E-state index in [1.165, 1.54) is 74.7 Å². The van der Waals surface area contributed by atoms with Crippen molar-refractivity contribution in [2.75, 3.05) is 4.90 Å². The lowest BCUT2D eigenvalue weighted by molar-refractivity contribution is 1.30. The van der Waals surface area contributed by atoms with E-state index in [2.05, 4.69) is 193 Å². The molecule has 1 heterocycles. The molecule has 0 saturated heterocycles.